The summed E-state index contributed by atoms with van der Waals surface area (Å²) in [4.78, 5) is 25.7. The fraction of sp³-hybridized carbons (Fsp3) is 0.500. The molecule has 0 saturated carbocycles. The molecule has 1 aliphatic rings. The van der Waals surface area contributed by atoms with E-state index in [1.54, 1.807) is 25.2 Å². The summed E-state index contributed by atoms with van der Waals surface area (Å²) in [5.41, 5.74) is 0.176. The number of para-hydroxylation sites is 1. The first-order chi connectivity index (χ1) is 10.0. The van der Waals surface area contributed by atoms with Crippen LogP contribution in [0.1, 0.15) is 36.5 Å². The molecular weight excluding hydrogens is 268 g/mol. The number of anilines is 1. The van der Waals surface area contributed by atoms with Gasteiger partial charge in [0.2, 0.25) is 5.91 Å². The summed E-state index contributed by atoms with van der Waals surface area (Å²) in [5.74, 6) is -1.02. The van der Waals surface area contributed by atoms with Gasteiger partial charge in [0, 0.05) is 13.6 Å². The van der Waals surface area contributed by atoms with Crippen molar-refractivity contribution in [1.82, 2.24) is 5.32 Å². The Labute approximate surface area is 125 Å². The number of carboxylic acids is 1. The van der Waals surface area contributed by atoms with Gasteiger partial charge in [0.1, 0.15) is 0 Å². The first-order valence-corrected chi connectivity index (χ1v) is 7.33. The Hall–Kier alpha value is -1.88. The van der Waals surface area contributed by atoms with Gasteiger partial charge in [-0.2, -0.15) is 0 Å². The summed E-state index contributed by atoms with van der Waals surface area (Å²) in [7, 11) is 1.66. The zero-order chi connectivity index (χ0) is 15.5. The van der Waals surface area contributed by atoms with Crippen molar-refractivity contribution in [2.45, 2.75) is 26.2 Å². The van der Waals surface area contributed by atoms with Crippen molar-refractivity contribution in [2.75, 3.05) is 25.0 Å². The number of carbonyl (C=O) groups is 2. The van der Waals surface area contributed by atoms with E-state index in [0.29, 0.717) is 12.2 Å². The molecule has 21 heavy (non-hydrogen) atoms. The van der Waals surface area contributed by atoms with Crippen molar-refractivity contribution >= 4 is 17.6 Å². The van der Waals surface area contributed by atoms with Crippen LogP contribution in [-0.2, 0) is 4.79 Å². The number of aromatic carboxylic acids is 1. The summed E-state index contributed by atoms with van der Waals surface area (Å²) in [6.45, 7) is 3.61. The first kappa shape index (κ1) is 15.5. The Balaban J connectivity index is 2.32. The molecule has 2 N–H and O–H groups in total. The number of carboxylic acid groups (broad SMARTS) is 1. The van der Waals surface area contributed by atoms with Crippen molar-refractivity contribution in [3.05, 3.63) is 29.8 Å². The molecule has 2 rings (SSSR count). The second-order valence-corrected chi connectivity index (χ2v) is 5.60. The van der Waals surface area contributed by atoms with E-state index in [0.717, 1.165) is 25.8 Å². The lowest BCUT2D eigenvalue weighted by Gasteiger charge is -2.38. The van der Waals surface area contributed by atoms with E-state index in [1.807, 2.05) is 6.92 Å². The normalized spacial score (nSPS) is 21.8. The molecule has 1 fully saturated rings. The van der Waals surface area contributed by atoms with Gasteiger partial charge >= 0.3 is 5.97 Å². The quantitative estimate of drug-likeness (QED) is 0.891. The summed E-state index contributed by atoms with van der Waals surface area (Å²) in [6, 6.07) is 6.63. The van der Waals surface area contributed by atoms with Crippen molar-refractivity contribution < 1.29 is 14.7 Å². The lowest BCUT2D eigenvalue weighted by atomic mass is 9.77. The number of nitrogens with one attached hydrogen (secondary N) is 1. The highest BCUT2D eigenvalue weighted by molar-refractivity contribution is 6.03. The molecule has 1 heterocycles. The predicted octanol–water partition coefficient (Wildman–Crippen LogP) is 2.13. The summed E-state index contributed by atoms with van der Waals surface area (Å²) < 4.78 is 0. The van der Waals surface area contributed by atoms with Crippen LogP contribution in [0.5, 0.6) is 0 Å². The topological polar surface area (TPSA) is 69.6 Å². The number of rotatable bonds is 4. The molecule has 1 aliphatic heterocycles. The van der Waals surface area contributed by atoms with E-state index >= 15 is 0 Å². The zero-order valence-corrected chi connectivity index (χ0v) is 12.6. The Bertz CT molecular complexity index is 536. The van der Waals surface area contributed by atoms with E-state index < -0.39 is 11.4 Å². The summed E-state index contributed by atoms with van der Waals surface area (Å²) >= 11 is 0. The molecule has 5 heteroatoms. The highest BCUT2D eigenvalue weighted by Gasteiger charge is 2.40. The summed E-state index contributed by atoms with van der Waals surface area (Å²) in [6.07, 6.45) is 2.56. The second-order valence-electron chi connectivity index (χ2n) is 5.60. The van der Waals surface area contributed by atoms with Crippen molar-refractivity contribution in [1.29, 1.82) is 0 Å². The Morgan fingerprint density at radius 2 is 2.10 bits per heavy atom. The highest BCUT2D eigenvalue weighted by atomic mass is 16.4. The molecule has 0 aliphatic carbocycles. The van der Waals surface area contributed by atoms with Crippen molar-refractivity contribution in [2.24, 2.45) is 5.41 Å². The number of amides is 1. The fourth-order valence-corrected chi connectivity index (χ4v) is 3.02. The Kier molecular flexibility index (Phi) is 4.63. The van der Waals surface area contributed by atoms with Crippen LogP contribution in [0.25, 0.3) is 0 Å². The van der Waals surface area contributed by atoms with Crippen LogP contribution in [0.3, 0.4) is 0 Å². The number of nitrogens with zero attached hydrogens (tertiary/aromatic N) is 1. The van der Waals surface area contributed by atoms with Crippen LogP contribution in [0.2, 0.25) is 0 Å². The third-order valence-corrected chi connectivity index (χ3v) is 4.40. The van der Waals surface area contributed by atoms with Crippen LogP contribution in [0.15, 0.2) is 24.3 Å². The van der Waals surface area contributed by atoms with Gasteiger partial charge in [-0.1, -0.05) is 19.1 Å². The Morgan fingerprint density at radius 3 is 2.67 bits per heavy atom. The van der Waals surface area contributed by atoms with Crippen LogP contribution in [0.4, 0.5) is 5.69 Å². The third-order valence-electron chi connectivity index (χ3n) is 4.40. The average Bonchev–Trinajstić information content (AvgIpc) is 2.54. The predicted molar refractivity (Wildman–Crippen MR) is 81.6 cm³/mol. The van der Waals surface area contributed by atoms with Crippen LogP contribution >= 0.6 is 0 Å². The minimum atomic E-state index is -1.02. The minimum absolute atomic E-state index is 0.00843. The van der Waals surface area contributed by atoms with Gasteiger partial charge in [0.15, 0.2) is 0 Å². The van der Waals surface area contributed by atoms with E-state index in [9.17, 15) is 14.7 Å². The number of hydrogen-bond donors (Lipinski definition) is 2. The molecule has 1 aromatic carbocycles. The highest BCUT2D eigenvalue weighted by Crippen LogP contribution is 2.34. The Morgan fingerprint density at radius 1 is 1.38 bits per heavy atom. The molecule has 1 unspecified atom stereocenters. The average molecular weight is 290 g/mol. The van der Waals surface area contributed by atoms with Gasteiger partial charge < -0.3 is 15.3 Å². The van der Waals surface area contributed by atoms with Gasteiger partial charge in [-0.05, 0) is 37.9 Å². The molecule has 0 aromatic heterocycles. The maximum absolute atomic E-state index is 12.9. The monoisotopic (exact) mass is 290 g/mol. The van der Waals surface area contributed by atoms with Gasteiger partial charge in [0.05, 0.1) is 16.7 Å². The summed E-state index contributed by atoms with van der Waals surface area (Å²) in [5, 5.41) is 12.6. The lowest BCUT2D eigenvalue weighted by Crippen LogP contribution is -2.51. The molecular formula is C16H22N2O3. The van der Waals surface area contributed by atoms with Crippen LogP contribution in [-0.4, -0.2) is 37.1 Å². The fourth-order valence-electron chi connectivity index (χ4n) is 3.02. The van der Waals surface area contributed by atoms with Gasteiger partial charge in [-0.15, -0.1) is 0 Å². The minimum Gasteiger partial charge on any atom is -0.478 e. The second kappa shape index (κ2) is 6.26. The van der Waals surface area contributed by atoms with Crippen LogP contribution < -0.4 is 10.2 Å². The largest absolute Gasteiger partial charge is 0.478 e. The molecule has 1 aromatic rings. The van der Waals surface area contributed by atoms with Crippen LogP contribution in [0, 0.1) is 5.41 Å². The smallest absolute Gasteiger partial charge is 0.337 e. The number of hydrogen-bond acceptors (Lipinski definition) is 3. The van der Waals surface area contributed by atoms with E-state index in [1.165, 1.54) is 11.0 Å². The molecule has 5 nitrogen and oxygen atoms in total. The molecule has 1 saturated heterocycles. The van der Waals surface area contributed by atoms with E-state index in [-0.39, 0.29) is 11.5 Å². The van der Waals surface area contributed by atoms with E-state index in [4.69, 9.17) is 0 Å². The van der Waals surface area contributed by atoms with E-state index in [2.05, 4.69) is 5.32 Å². The number of piperidine rings is 1. The molecule has 1 atom stereocenters. The molecule has 0 bridgehead atoms. The maximum atomic E-state index is 12.9. The lowest BCUT2D eigenvalue weighted by molar-refractivity contribution is -0.129. The molecule has 0 radical (unpaired) electrons. The molecule has 114 valence electrons. The van der Waals surface area contributed by atoms with Gasteiger partial charge in [-0.25, -0.2) is 4.79 Å². The van der Waals surface area contributed by atoms with Crippen molar-refractivity contribution in [3.63, 3.8) is 0 Å². The number of benzene rings is 1. The first-order valence-electron chi connectivity index (χ1n) is 7.33. The third kappa shape index (κ3) is 2.93. The van der Waals surface area contributed by atoms with Crippen molar-refractivity contribution in [3.8, 4) is 0 Å². The number of carbonyl (C=O) groups excluding carboxylic acids is 1. The zero-order valence-electron chi connectivity index (χ0n) is 12.6. The molecule has 1 amide bonds. The van der Waals surface area contributed by atoms with Gasteiger partial charge in [0.25, 0.3) is 0 Å². The standard InChI is InChI=1S/C16H22N2O3/c1-3-16(9-6-10-17-11-16)15(21)18(2)13-8-5-4-7-12(13)14(19)20/h4-5,7-8,17H,3,6,9-11H2,1-2H3,(H,19,20). The molecule has 0 spiro atoms. The SMILES string of the molecule is CCC1(C(=O)N(C)c2ccccc2C(=O)O)CCCNC1. The maximum Gasteiger partial charge on any atom is 0.337 e. The van der Waals surface area contributed by atoms with Gasteiger partial charge in [-0.3, -0.25) is 4.79 Å².